The van der Waals surface area contributed by atoms with E-state index in [1.807, 2.05) is 18.2 Å². The third kappa shape index (κ3) is 3.85. The van der Waals surface area contributed by atoms with Crippen molar-refractivity contribution in [3.63, 3.8) is 0 Å². The number of carbonyl (C=O) groups is 1. The van der Waals surface area contributed by atoms with Crippen LogP contribution in [0, 0.1) is 0 Å². The smallest absolute Gasteiger partial charge is 0.246 e. The molecular weight excluding hydrogens is 378 g/mol. The average molecular weight is 389 g/mol. The standard InChI is InChI=1S/C11H11Br2N5O/c12-7-1-2-9(13)10(3-7)15-11(19)6-18-5-8(4-14)16-17-18/h1-3,5H,4,6,14H2,(H,15,19). The van der Waals surface area contributed by atoms with E-state index in [-0.39, 0.29) is 12.5 Å². The van der Waals surface area contributed by atoms with Crippen LogP contribution in [0.15, 0.2) is 33.3 Å². The molecule has 1 heterocycles. The minimum atomic E-state index is -0.188. The molecule has 0 saturated carbocycles. The molecule has 2 aromatic rings. The maximum Gasteiger partial charge on any atom is 0.246 e. The fourth-order valence-corrected chi connectivity index (χ4v) is 2.15. The van der Waals surface area contributed by atoms with E-state index in [9.17, 15) is 4.79 Å². The van der Waals surface area contributed by atoms with E-state index in [1.165, 1.54) is 4.68 Å². The van der Waals surface area contributed by atoms with Crippen molar-refractivity contribution in [2.24, 2.45) is 5.73 Å². The van der Waals surface area contributed by atoms with Crippen LogP contribution in [0.3, 0.4) is 0 Å². The summed E-state index contributed by atoms with van der Waals surface area (Å²) in [5.41, 5.74) is 6.77. The van der Waals surface area contributed by atoms with Gasteiger partial charge in [0.25, 0.3) is 0 Å². The highest BCUT2D eigenvalue weighted by molar-refractivity contribution is 9.11. The van der Waals surface area contributed by atoms with Crippen LogP contribution >= 0.6 is 31.9 Å². The summed E-state index contributed by atoms with van der Waals surface area (Å²) in [5, 5.41) is 10.4. The zero-order valence-electron chi connectivity index (χ0n) is 9.81. The molecule has 0 aliphatic rings. The average Bonchev–Trinajstić information content (AvgIpc) is 2.81. The molecule has 0 radical (unpaired) electrons. The van der Waals surface area contributed by atoms with E-state index in [2.05, 4.69) is 47.5 Å². The van der Waals surface area contributed by atoms with Gasteiger partial charge < -0.3 is 11.1 Å². The molecule has 0 bridgehead atoms. The van der Waals surface area contributed by atoms with E-state index in [0.717, 1.165) is 8.95 Å². The first-order chi connectivity index (χ1) is 9.08. The van der Waals surface area contributed by atoms with Crippen molar-refractivity contribution >= 4 is 43.5 Å². The summed E-state index contributed by atoms with van der Waals surface area (Å²) < 4.78 is 3.14. The van der Waals surface area contributed by atoms with Gasteiger partial charge in [-0.25, -0.2) is 4.68 Å². The third-order valence-corrected chi connectivity index (χ3v) is 3.49. The highest BCUT2D eigenvalue weighted by Gasteiger charge is 2.08. The summed E-state index contributed by atoms with van der Waals surface area (Å²) in [4.78, 5) is 11.9. The van der Waals surface area contributed by atoms with Gasteiger partial charge >= 0.3 is 0 Å². The molecule has 6 nitrogen and oxygen atoms in total. The van der Waals surface area contributed by atoms with Crippen LogP contribution in [0.5, 0.6) is 0 Å². The number of amides is 1. The number of hydrogen-bond donors (Lipinski definition) is 2. The molecule has 1 aromatic carbocycles. The number of rotatable bonds is 4. The largest absolute Gasteiger partial charge is 0.325 e. The van der Waals surface area contributed by atoms with Gasteiger partial charge in [0.1, 0.15) is 6.54 Å². The number of anilines is 1. The first-order valence-corrected chi connectivity index (χ1v) is 7.01. The van der Waals surface area contributed by atoms with Crippen molar-refractivity contribution in [1.82, 2.24) is 15.0 Å². The fraction of sp³-hybridized carbons (Fsp3) is 0.182. The zero-order chi connectivity index (χ0) is 13.8. The Bertz CT molecular complexity index is 599. The second-order valence-corrected chi connectivity index (χ2v) is 5.55. The lowest BCUT2D eigenvalue weighted by Crippen LogP contribution is -2.19. The molecule has 0 atom stereocenters. The molecule has 2 rings (SSSR count). The Labute approximate surface area is 126 Å². The SMILES string of the molecule is NCc1cn(CC(=O)Nc2cc(Br)ccc2Br)nn1. The fourth-order valence-electron chi connectivity index (χ4n) is 1.44. The molecule has 19 heavy (non-hydrogen) atoms. The van der Waals surface area contributed by atoms with E-state index >= 15 is 0 Å². The van der Waals surface area contributed by atoms with Crippen molar-refractivity contribution in [1.29, 1.82) is 0 Å². The molecule has 1 aromatic heterocycles. The van der Waals surface area contributed by atoms with Crippen LogP contribution in [0.1, 0.15) is 5.69 Å². The van der Waals surface area contributed by atoms with Gasteiger partial charge in [-0.3, -0.25) is 4.79 Å². The van der Waals surface area contributed by atoms with Crippen LogP contribution in [-0.2, 0) is 17.9 Å². The van der Waals surface area contributed by atoms with E-state index in [0.29, 0.717) is 17.9 Å². The molecule has 100 valence electrons. The number of nitrogens with two attached hydrogens (primary N) is 1. The summed E-state index contributed by atoms with van der Waals surface area (Å²) in [7, 11) is 0. The molecule has 0 unspecified atom stereocenters. The minimum Gasteiger partial charge on any atom is -0.325 e. The maximum absolute atomic E-state index is 11.9. The summed E-state index contributed by atoms with van der Waals surface area (Å²) >= 11 is 6.72. The van der Waals surface area contributed by atoms with Gasteiger partial charge in [0, 0.05) is 15.5 Å². The van der Waals surface area contributed by atoms with E-state index in [4.69, 9.17) is 5.73 Å². The summed E-state index contributed by atoms with van der Waals surface area (Å²) in [6, 6.07) is 5.54. The molecule has 0 fully saturated rings. The van der Waals surface area contributed by atoms with Gasteiger partial charge in [0.05, 0.1) is 17.6 Å². The quantitative estimate of drug-likeness (QED) is 0.837. The Morgan fingerprint density at radius 2 is 2.21 bits per heavy atom. The number of benzene rings is 1. The molecule has 3 N–H and O–H groups in total. The number of halogens is 2. The molecule has 1 amide bonds. The Kier molecular flexibility index (Phi) is 4.67. The zero-order valence-corrected chi connectivity index (χ0v) is 13.0. The normalized spacial score (nSPS) is 10.5. The molecule has 0 aliphatic carbocycles. The maximum atomic E-state index is 11.9. The highest BCUT2D eigenvalue weighted by atomic mass is 79.9. The Morgan fingerprint density at radius 1 is 1.42 bits per heavy atom. The lowest BCUT2D eigenvalue weighted by molar-refractivity contribution is -0.116. The number of hydrogen-bond acceptors (Lipinski definition) is 4. The van der Waals surface area contributed by atoms with Crippen molar-refractivity contribution in [2.45, 2.75) is 13.1 Å². The van der Waals surface area contributed by atoms with Crippen LogP contribution in [0.25, 0.3) is 0 Å². The molecular formula is C11H11Br2N5O. The summed E-state index contributed by atoms with van der Waals surface area (Å²) in [6.07, 6.45) is 1.65. The van der Waals surface area contributed by atoms with Gasteiger partial charge in [-0.05, 0) is 34.1 Å². The van der Waals surface area contributed by atoms with Crippen molar-refractivity contribution < 1.29 is 4.79 Å². The third-order valence-electron chi connectivity index (χ3n) is 2.30. The Hall–Kier alpha value is -1.25. The molecule has 0 saturated heterocycles. The van der Waals surface area contributed by atoms with Gasteiger partial charge in [-0.15, -0.1) is 5.10 Å². The summed E-state index contributed by atoms with van der Waals surface area (Å²) in [5.74, 6) is -0.188. The van der Waals surface area contributed by atoms with Crippen molar-refractivity contribution in [2.75, 3.05) is 5.32 Å². The predicted molar refractivity (Wildman–Crippen MR) is 78.4 cm³/mol. The summed E-state index contributed by atoms with van der Waals surface area (Å²) in [6.45, 7) is 0.394. The minimum absolute atomic E-state index is 0.0892. The molecule has 8 heteroatoms. The van der Waals surface area contributed by atoms with Crippen LogP contribution in [0.4, 0.5) is 5.69 Å². The second-order valence-electron chi connectivity index (χ2n) is 3.78. The number of carbonyl (C=O) groups excluding carboxylic acids is 1. The van der Waals surface area contributed by atoms with Gasteiger partial charge in [0.15, 0.2) is 0 Å². The predicted octanol–water partition coefficient (Wildman–Crippen LogP) is 1.90. The monoisotopic (exact) mass is 387 g/mol. The van der Waals surface area contributed by atoms with Crippen molar-refractivity contribution in [3.05, 3.63) is 39.0 Å². The second kappa shape index (κ2) is 6.27. The molecule has 0 aliphatic heterocycles. The first-order valence-electron chi connectivity index (χ1n) is 5.42. The lowest BCUT2D eigenvalue weighted by Gasteiger charge is -2.07. The van der Waals surface area contributed by atoms with E-state index < -0.39 is 0 Å². The number of nitrogens with one attached hydrogen (secondary N) is 1. The van der Waals surface area contributed by atoms with Crippen LogP contribution < -0.4 is 11.1 Å². The van der Waals surface area contributed by atoms with Gasteiger partial charge in [-0.1, -0.05) is 21.1 Å². The number of nitrogens with zero attached hydrogens (tertiary/aromatic N) is 3. The first kappa shape index (κ1) is 14.2. The lowest BCUT2D eigenvalue weighted by atomic mass is 10.3. The number of aromatic nitrogens is 3. The molecule has 0 spiro atoms. The Morgan fingerprint density at radius 3 is 2.89 bits per heavy atom. The van der Waals surface area contributed by atoms with Gasteiger partial charge in [-0.2, -0.15) is 0 Å². The van der Waals surface area contributed by atoms with E-state index in [1.54, 1.807) is 6.20 Å². The van der Waals surface area contributed by atoms with Crippen LogP contribution in [-0.4, -0.2) is 20.9 Å². The van der Waals surface area contributed by atoms with Crippen molar-refractivity contribution in [3.8, 4) is 0 Å². The topological polar surface area (TPSA) is 85.8 Å². The van der Waals surface area contributed by atoms with Gasteiger partial charge in [0.2, 0.25) is 5.91 Å². The van der Waals surface area contributed by atoms with Crippen LogP contribution in [0.2, 0.25) is 0 Å². The highest BCUT2D eigenvalue weighted by Crippen LogP contribution is 2.26. The Balaban J connectivity index is 2.03.